The average Bonchev–Trinajstić information content (AvgIpc) is 2.43. The number of nitrogens with zero attached hydrogens (tertiary/aromatic N) is 1. The fourth-order valence-electron chi connectivity index (χ4n) is 1.44. The van der Waals surface area contributed by atoms with E-state index in [2.05, 4.69) is 17.2 Å². The molecule has 0 heterocycles. The van der Waals surface area contributed by atoms with Crippen LogP contribution in [0.15, 0.2) is 42.5 Å². The van der Waals surface area contributed by atoms with Gasteiger partial charge in [-0.1, -0.05) is 18.2 Å². The van der Waals surface area contributed by atoms with Crippen molar-refractivity contribution in [2.24, 2.45) is 0 Å². The van der Waals surface area contributed by atoms with Gasteiger partial charge in [-0.3, -0.25) is 9.59 Å². The van der Waals surface area contributed by atoms with E-state index in [4.69, 9.17) is 5.26 Å². The fourth-order valence-corrected chi connectivity index (χ4v) is 1.44. The van der Waals surface area contributed by atoms with E-state index in [0.29, 0.717) is 17.8 Å². The first-order valence-electron chi connectivity index (χ1n) is 5.95. The van der Waals surface area contributed by atoms with Crippen molar-refractivity contribution in [2.45, 2.75) is 6.92 Å². The minimum atomic E-state index is -0.446. The second kappa shape index (κ2) is 7.54. The monoisotopic (exact) mass is 269 g/mol. The number of anilines is 1. The molecule has 0 unspecified atom stereocenters. The van der Waals surface area contributed by atoms with Crippen molar-refractivity contribution in [2.75, 3.05) is 11.9 Å². The Morgan fingerprint density at radius 1 is 1.35 bits per heavy atom. The van der Waals surface area contributed by atoms with Gasteiger partial charge >= 0.3 is 0 Å². The lowest BCUT2D eigenvalue weighted by atomic mass is 10.1. The van der Waals surface area contributed by atoms with Crippen molar-refractivity contribution in [1.29, 1.82) is 5.26 Å². The van der Waals surface area contributed by atoms with Gasteiger partial charge in [0, 0.05) is 19.2 Å². The van der Waals surface area contributed by atoms with E-state index in [1.807, 2.05) is 6.07 Å². The van der Waals surface area contributed by atoms with Crippen LogP contribution in [0, 0.1) is 11.3 Å². The molecule has 0 radical (unpaired) electrons. The molecular formula is C15H15N3O2. The summed E-state index contributed by atoms with van der Waals surface area (Å²) in [7, 11) is 0. The molecule has 1 aromatic carbocycles. The number of carbonyl (C=O) groups is 2. The minimum Gasteiger partial charge on any atom is -0.348 e. The summed E-state index contributed by atoms with van der Waals surface area (Å²) >= 11 is 0. The summed E-state index contributed by atoms with van der Waals surface area (Å²) in [5.41, 5.74) is 1.37. The lowest BCUT2D eigenvalue weighted by Gasteiger charge is -2.03. The number of amides is 2. The van der Waals surface area contributed by atoms with E-state index in [0.717, 1.165) is 0 Å². The van der Waals surface area contributed by atoms with Crippen molar-refractivity contribution in [3.05, 3.63) is 48.1 Å². The van der Waals surface area contributed by atoms with Crippen molar-refractivity contribution in [3.63, 3.8) is 0 Å². The lowest BCUT2D eigenvalue weighted by molar-refractivity contribution is -0.117. The molecule has 0 spiro atoms. The molecule has 0 saturated carbocycles. The summed E-state index contributed by atoms with van der Waals surface area (Å²) in [6.07, 6.45) is 3.02. The van der Waals surface area contributed by atoms with Crippen LogP contribution in [-0.2, 0) is 9.59 Å². The van der Waals surface area contributed by atoms with Gasteiger partial charge in [0.2, 0.25) is 5.91 Å². The number of rotatable bonds is 5. The first kappa shape index (κ1) is 15.2. The van der Waals surface area contributed by atoms with Gasteiger partial charge in [0.1, 0.15) is 11.6 Å². The molecule has 0 aromatic heterocycles. The number of nitrogens with one attached hydrogen (secondary N) is 2. The highest BCUT2D eigenvalue weighted by molar-refractivity contribution is 6.01. The van der Waals surface area contributed by atoms with E-state index in [1.54, 1.807) is 24.3 Å². The Hall–Kier alpha value is -2.87. The van der Waals surface area contributed by atoms with Crippen LogP contribution in [0.2, 0.25) is 0 Å². The predicted molar refractivity (Wildman–Crippen MR) is 77.5 cm³/mol. The predicted octanol–water partition coefficient (Wildman–Crippen LogP) is 1.85. The maximum atomic E-state index is 11.6. The zero-order valence-corrected chi connectivity index (χ0v) is 11.1. The zero-order chi connectivity index (χ0) is 15.0. The molecule has 0 fully saturated rings. The van der Waals surface area contributed by atoms with Crippen LogP contribution in [0.1, 0.15) is 12.5 Å². The van der Waals surface area contributed by atoms with E-state index < -0.39 is 5.91 Å². The Balaban J connectivity index is 2.85. The quantitative estimate of drug-likeness (QED) is 0.486. The largest absolute Gasteiger partial charge is 0.348 e. The molecule has 5 heteroatoms. The van der Waals surface area contributed by atoms with Crippen LogP contribution in [0.3, 0.4) is 0 Å². The molecule has 2 amide bonds. The third-order valence-corrected chi connectivity index (χ3v) is 2.31. The molecular weight excluding hydrogens is 254 g/mol. The van der Waals surface area contributed by atoms with Crippen molar-refractivity contribution in [3.8, 4) is 6.07 Å². The summed E-state index contributed by atoms with van der Waals surface area (Å²) in [5.74, 6) is -0.604. The molecule has 0 aliphatic heterocycles. The summed E-state index contributed by atoms with van der Waals surface area (Å²) in [6, 6.07) is 8.67. The third kappa shape index (κ3) is 4.78. The normalized spacial score (nSPS) is 10.3. The summed E-state index contributed by atoms with van der Waals surface area (Å²) in [5, 5.41) is 14.1. The maximum absolute atomic E-state index is 11.6. The number of benzene rings is 1. The lowest BCUT2D eigenvalue weighted by Crippen LogP contribution is -2.24. The molecule has 1 rings (SSSR count). The van der Waals surface area contributed by atoms with Crippen molar-refractivity contribution >= 4 is 23.6 Å². The second-order valence-electron chi connectivity index (χ2n) is 3.97. The first-order valence-corrected chi connectivity index (χ1v) is 5.95. The van der Waals surface area contributed by atoms with Crippen molar-refractivity contribution in [1.82, 2.24) is 5.32 Å². The Labute approximate surface area is 117 Å². The molecule has 0 aliphatic rings. The van der Waals surface area contributed by atoms with Gasteiger partial charge < -0.3 is 10.6 Å². The van der Waals surface area contributed by atoms with Crippen LogP contribution < -0.4 is 10.6 Å². The van der Waals surface area contributed by atoms with Crippen LogP contribution >= 0.6 is 0 Å². The molecule has 2 N–H and O–H groups in total. The molecule has 0 aliphatic carbocycles. The molecule has 0 saturated heterocycles. The van der Waals surface area contributed by atoms with Crippen LogP contribution in [0.4, 0.5) is 5.69 Å². The number of carbonyl (C=O) groups excluding carboxylic acids is 2. The van der Waals surface area contributed by atoms with Gasteiger partial charge in [-0.25, -0.2) is 0 Å². The van der Waals surface area contributed by atoms with Gasteiger partial charge in [-0.2, -0.15) is 5.26 Å². The Bertz CT molecular complexity index is 580. The molecule has 5 nitrogen and oxygen atoms in total. The van der Waals surface area contributed by atoms with E-state index in [-0.39, 0.29) is 11.5 Å². The highest BCUT2D eigenvalue weighted by Gasteiger charge is 2.07. The number of nitriles is 1. The van der Waals surface area contributed by atoms with Crippen LogP contribution in [-0.4, -0.2) is 18.4 Å². The zero-order valence-electron chi connectivity index (χ0n) is 11.1. The van der Waals surface area contributed by atoms with Crippen LogP contribution in [0.25, 0.3) is 6.08 Å². The first-order chi connectivity index (χ1) is 9.56. The topological polar surface area (TPSA) is 82.0 Å². The Morgan fingerprint density at radius 2 is 2.00 bits per heavy atom. The standard InChI is InChI=1S/C15H15N3O2/c1-3-8-17-15(20)13(10-16)9-12-4-6-14(7-5-12)18-11(2)19/h3-7,9H,1,8H2,2H3,(H,17,20)(H,18,19)/b13-9+. The number of hydrogen-bond donors (Lipinski definition) is 2. The maximum Gasteiger partial charge on any atom is 0.262 e. The van der Waals surface area contributed by atoms with Crippen molar-refractivity contribution < 1.29 is 9.59 Å². The van der Waals surface area contributed by atoms with E-state index >= 15 is 0 Å². The van der Waals surface area contributed by atoms with Gasteiger partial charge in [0.05, 0.1) is 0 Å². The summed E-state index contributed by atoms with van der Waals surface area (Å²) in [4.78, 5) is 22.5. The molecule has 102 valence electrons. The van der Waals surface area contributed by atoms with E-state index in [9.17, 15) is 9.59 Å². The van der Waals surface area contributed by atoms with Gasteiger partial charge in [0.15, 0.2) is 0 Å². The highest BCUT2D eigenvalue weighted by atomic mass is 16.2. The summed E-state index contributed by atoms with van der Waals surface area (Å²) < 4.78 is 0. The second-order valence-corrected chi connectivity index (χ2v) is 3.97. The van der Waals surface area contributed by atoms with Gasteiger partial charge in [-0.15, -0.1) is 6.58 Å². The molecule has 20 heavy (non-hydrogen) atoms. The fraction of sp³-hybridized carbons (Fsp3) is 0.133. The minimum absolute atomic E-state index is 0.0131. The van der Waals surface area contributed by atoms with Gasteiger partial charge in [0.25, 0.3) is 5.91 Å². The Kier molecular flexibility index (Phi) is 5.73. The van der Waals surface area contributed by atoms with Gasteiger partial charge in [-0.05, 0) is 23.8 Å². The third-order valence-electron chi connectivity index (χ3n) is 2.31. The highest BCUT2D eigenvalue weighted by Crippen LogP contribution is 2.12. The average molecular weight is 269 g/mol. The van der Waals surface area contributed by atoms with E-state index in [1.165, 1.54) is 19.1 Å². The molecule has 0 atom stereocenters. The molecule has 0 bridgehead atoms. The Morgan fingerprint density at radius 3 is 2.50 bits per heavy atom. The number of hydrogen-bond acceptors (Lipinski definition) is 3. The summed E-state index contributed by atoms with van der Waals surface area (Å²) in [6.45, 7) is 5.21. The smallest absolute Gasteiger partial charge is 0.262 e. The van der Waals surface area contributed by atoms with Crippen LogP contribution in [0.5, 0.6) is 0 Å². The molecule has 1 aromatic rings. The SMILES string of the molecule is C=CCNC(=O)/C(C#N)=C/c1ccc(NC(C)=O)cc1.